The van der Waals surface area contributed by atoms with E-state index in [0.29, 0.717) is 17.3 Å². The molecule has 2 aliphatic carbocycles. The highest BCUT2D eigenvalue weighted by atomic mass is 16.5. The van der Waals surface area contributed by atoms with Crippen LogP contribution in [0.15, 0.2) is 67.4 Å². The third-order valence-corrected chi connectivity index (χ3v) is 5.62. The molecule has 2 aliphatic rings. The van der Waals surface area contributed by atoms with Crippen LogP contribution >= 0.6 is 0 Å². The zero-order chi connectivity index (χ0) is 21.1. The monoisotopic (exact) mass is 398 g/mol. The molecule has 1 fully saturated rings. The quantitative estimate of drug-likeness (QED) is 0.547. The molecule has 0 radical (unpaired) electrons. The molecular weight excluding hydrogens is 372 g/mol. The van der Waals surface area contributed by atoms with Crippen LogP contribution in [0.2, 0.25) is 0 Å². The van der Waals surface area contributed by atoms with E-state index in [1.54, 1.807) is 0 Å². The molecule has 152 valence electrons. The Hall–Kier alpha value is -3.40. The zero-order valence-corrected chi connectivity index (χ0v) is 17.3. The Morgan fingerprint density at radius 3 is 2.77 bits per heavy atom. The Bertz CT molecular complexity index is 1070. The number of anilines is 2. The molecule has 0 saturated heterocycles. The van der Waals surface area contributed by atoms with Gasteiger partial charge in [0.15, 0.2) is 0 Å². The summed E-state index contributed by atoms with van der Waals surface area (Å²) < 4.78 is 4.97. The average molecular weight is 399 g/mol. The fourth-order valence-corrected chi connectivity index (χ4v) is 3.73. The van der Waals surface area contributed by atoms with Crippen molar-refractivity contribution in [2.75, 3.05) is 12.4 Å². The van der Waals surface area contributed by atoms with Gasteiger partial charge in [-0.15, -0.1) is 0 Å². The number of benzene rings is 1. The summed E-state index contributed by atoms with van der Waals surface area (Å²) in [6.07, 6.45) is 14.4. The Morgan fingerprint density at radius 2 is 2.10 bits per heavy atom. The number of nitrogens with one attached hydrogen (secondary N) is 1. The van der Waals surface area contributed by atoms with Gasteiger partial charge in [-0.25, -0.2) is 9.78 Å². The molecule has 2 aromatic rings. The molecule has 1 aromatic carbocycles. The van der Waals surface area contributed by atoms with E-state index in [0.717, 1.165) is 53.6 Å². The number of aromatic nitrogens is 1. The van der Waals surface area contributed by atoms with Gasteiger partial charge in [-0.05, 0) is 77.6 Å². The summed E-state index contributed by atoms with van der Waals surface area (Å²) in [7, 11) is 1.39. The van der Waals surface area contributed by atoms with Gasteiger partial charge in [0, 0.05) is 11.9 Å². The van der Waals surface area contributed by atoms with Crippen molar-refractivity contribution in [2.45, 2.75) is 31.6 Å². The first-order chi connectivity index (χ1) is 14.6. The maximum atomic E-state index is 12.3. The summed E-state index contributed by atoms with van der Waals surface area (Å²) in [5, 5.41) is 3.28. The van der Waals surface area contributed by atoms with Crippen LogP contribution in [0.4, 0.5) is 11.5 Å². The molecule has 0 bridgehead atoms. The molecule has 4 nitrogen and oxygen atoms in total. The van der Waals surface area contributed by atoms with E-state index in [9.17, 15) is 4.79 Å². The van der Waals surface area contributed by atoms with Crippen molar-refractivity contribution in [1.29, 1.82) is 0 Å². The largest absolute Gasteiger partial charge is 0.465 e. The van der Waals surface area contributed by atoms with Gasteiger partial charge in [-0.3, -0.25) is 0 Å². The maximum absolute atomic E-state index is 12.3. The number of methoxy groups -OCH3 is 1. The summed E-state index contributed by atoms with van der Waals surface area (Å²) in [4.78, 5) is 16.8. The first kappa shape index (κ1) is 19.9. The molecule has 1 saturated carbocycles. The lowest BCUT2D eigenvalue weighted by molar-refractivity contribution is 0.0601. The minimum Gasteiger partial charge on any atom is -0.465 e. The van der Waals surface area contributed by atoms with Crippen LogP contribution in [0.5, 0.6) is 0 Å². The van der Waals surface area contributed by atoms with E-state index in [2.05, 4.69) is 41.7 Å². The Balaban J connectivity index is 1.63. The standard InChI is InChI=1S/C26H26N2O2/c1-4-18-14-22(12-13-23(18)17(2)19-8-6-5-7-9-19)28-25-24(26(29)30-3)15-21(16-27-25)20-10-11-20/h4-6,8,12-16,20H,1-2,7,9-11H2,3H3,(H,27,28). The fourth-order valence-electron chi connectivity index (χ4n) is 3.73. The number of ether oxygens (including phenoxy) is 1. The SMILES string of the molecule is C=Cc1cc(Nc2ncc(C3CC3)cc2C(=O)OC)ccc1C(=C)C1=CC=CCC1. The van der Waals surface area contributed by atoms with Gasteiger partial charge in [-0.2, -0.15) is 0 Å². The molecule has 0 unspecified atom stereocenters. The van der Waals surface area contributed by atoms with Gasteiger partial charge in [0.25, 0.3) is 0 Å². The van der Waals surface area contributed by atoms with Crippen molar-refractivity contribution in [1.82, 2.24) is 4.98 Å². The van der Waals surface area contributed by atoms with E-state index in [1.807, 2.05) is 36.5 Å². The predicted molar refractivity (Wildman–Crippen MR) is 123 cm³/mol. The van der Waals surface area contributed by atoms with Gasteiger partial charge in [0.2, 0.25) is 0 Å². The maximum Gasteiger partial charge on any atom is 0.341 e. The number of hydrogen-bond donors (Lipinski definition) is 1. The van der Waals surface area contributed by atoms with E-state index < -0.39 is 5.97 Å². The van der Waals surface area contributed by atoms with Crippen molar-refractivity contribution in [3.8, 4) is 0 Å². The lowest BCUT2D eigenvalue weighted by Gasteiger charge is -2.17. The van der Waals surface area contributed by atoms with Crippen LogP contribution in [-0.4, -0.2) is 18.1 Å². The molecule has 4 rings (SSSR count). The zero-order valence-electron chi connectivity index (χ0n) is 17.3. The highest BCUT2D eigenvalue weighted by Gasteiger charge is 2.26. The number of hydrogen-bond acceptors (Lipinski definition) is 4. The molecule has 1 aromatic heterocycles. The van der Waals surface area contributed by atoms with Crippen LogP contribution in [0.3, 0.4) is 0 Å². The lowest BCUT2D eigenvalue weighted by Crippen LogP contribution is -2.08. The predicted octanol–water partition coefficient (Wildman–Crippen LogP) is 6.42. The molecule has 1 heterocycles. The number of esters is 1. The smallest absolute Gasteiger partial charge is 0.341 e. The molecule has 0 amide bonds. The second kappa shape index (κ2) is 8.54. The van der Waals surface area contributed by atoms with Crippen LogP contribution in [0.25, 0.3) is 11.6 Å². The molecule has 30 heavy (non-hydrogen) atoms. The molecular formula is C26H26N2O2. The van der Waals surface area contributed by atoms with Crippen molar-refractivity contribution in [2.24, 2.45) is 0 Å². The van der Waals surface area contributed by atoms with Crippen LogP contribution in [-0.2, 0) is 4.74 Å². The molecule has 0 atom stereocenters. The van der Waals surface area contributed by atoms with Crippen molar-refractivity contribution in [3.63, 3.8) is 0 Å². The summed E-state index contributed by atoms with van der Waals surface area (Å²) in [5.41, 5.74) is 6.67. The highest BCUT2D eigenvalue weighted by Crippen LogP contribution is 2.41. The normalized spacial score (nSPS) is 15.3. The topological polar surface area (TPSA) is 51.2 Å². The van der Waals surface area contributed by atoms with Gasteiger partial charge in [-0.1, -0.05) is 43.5 Å². The lowest BCUT2D eigenvalue weighted by atomic mass is 9.90. The van der Waals surface area contributed by atoms with Crippen molar-refractivity contribution in [3.05, 3.63) is 89.7 Å². The Kier molecular flexibility index (Phi) is 5.66. The number of carbonyl (C=O) groups excluding carboxylic acids is 1. The summed E-state index contributed by atoms with van der Waals surface area (Å²) in [5.74, 6) is 0.614. The van der Waals surface area contributed by atoms with Crippen LogP contribution < -0.4 is 5.32 Å². The van der Waals surface area contributed by atoms with Gasteiger partial charge >= 0.3 is 5.97 Å². The van der Waals surface area contributed by atoms with Gasteiger partial charge < -0.3 is 10.1 Å². The van der Waals surface area contributed by atoms with E-state index >= 15 is 0 Å². The van der Waals surface area contributed by atoms with E-state index in [4.69, 9.17) is 4.74 Å². The Labute approximate surface area is 177 Å². The number of allylic oxidation sites excluding steroid dienone is 5. The Morgan fingerprint density at radius 1 is 1.27 bits per heavy atom. The summed E-state index contributed by atoms with van der Waals surface area (Å²) in [6.45, 7) is 8.28. The number of nitrogens with zero attached hydrogens (tertiary/aromatic N) is 1. The third kappa shape index (κ3) is 4.13. The molecule has 1 N–H and O–H groups in total. The first-order valence-corrected chi connectivity index (χ1v) is 10.3. The molecule has 0 aliphatic heterocycles. The summed E-state index contributed by atoms with van der Waals surface area (Å²) >= 11 is 0. The van der Waals surface area contributed by atoms with Crippen molar-refractivity contribution >= 4 is 29.1 Å². The fraction of sp³-hybridized carbons (Fsp3) is 0.231. The second-order valence-electron chi connectivity index (χ2n) is 7.70. The minimum atomic E-state index is -0.390. The van der Waals surface area contributed by atoms with Gasteiger partial charge in [0.1, 0.15) is 11.4 Å². The number of rotatable bonds is 7. The third-order valence-electron chi connectivity index (χ3n) is 5.62. The van der Waals surface area contributed by atoms with Crippen LogP contribution in [0.1, 0.15) is 58.6 Å². The molecule has 4 heteroatoms. The number of carbonyl (C=O) groups is 1. The van der Waals surface area contributed by atoms with E-state index in [-0.39, 0.29) is 0 Å². The first-order valence-electron chi connectivity index (χ1n) is 10.3. The van der Waals surface area contributed by atoms with Crippen LogP contribution in [0, 0.1) is 0 Å². The minimum absolute atomic E-state index is 0.390. The highest BCUT2D eigenvalue weighted by molar-refractivity contribution is 5.95. The second-order valence-corrected chi connectivity index (χ2v) is 7.70. The average Bonchev–Trinajstić information content (AvgIpc) is 3.64. The van der Waals surface area contributed by atoms with Crippen molar-refractivity contribution < 1.29 is 9.53 Å². The van der Waals surface area contributed by atoms with E-state index in [1.165, 1.54) is 12.7 Å². The van der Waals surface area contributed by atoms with Gasteiger partial charge in [0.05, 0.1) is 7.11 Å². The number of pyridine rings is 1. The molecule has 0 spiro atoms. The summed E-state index contributed by atoms with van der Waals surface area (Å²) in [6, 6.07) is 7.91.